The quantitative estimate of drug-likeness (QED) is 0.380. The van der Waals surface area contributed by atoms with Crippen LogP contribution in [-0.4, -0.2) is 32.3 Å². The molecule has 0 bridgehead atoms. The summed E-state index contributed by atoms with van der Waals surface area (Å²) < 4.78 is 13.8. The highest BCUT2D eigenvalue weighted by Gasteiger charge is 2.15. The minimum Gasteiger partial charge on any atom is -0.484 e. The molecule has 0 saturated carbocycles. The number of hydrogen-bond acceptors (Lipinski definition) is 5. The molecule has 14 heavy (non-hydrogen) atoms. The smallest absolute Gasteiger partial charge is 0.373 e. The molecule has 5 nitrogen and oxygen atoms in total. The van der Waals surface area contributed by atoms with Crippen LogP contribution in [0.4, 0.5) is 0 Å². The van der Waals surface area contributed by atoms with E-state index in [2.05, 4.69) is 9.47 Å². The zero-order chi connectivity index (χ0) is 11.1. The fraction of sp³-hybridized carbons (Fsp3) is 0.556. The summed E-state index contributed by atoms with van der Waals surface area (Å²) in [5, 5.41) is 0. The second kappa shape index (κ2) is 6.01. The number of carbonyl (C=O) groups is 2. The van der Waals surface area contributed by atoms with E-state index < -0.39 is 11.9 Å². The van der Waals surface area contributed by atoms with Gasteiger partial charge in [-0.2, -0.15) is 0 Å². The van der Waals surface area contributed by atoms with Gasteiger partial charge in [0, 0.05) is 0 Å². The second-order valence-electron chi connectivity index (χ2n) is 2.69. The maximum atomic E-state index is 11.1. The van der Waals surface area contributed by atoms with Crippen LogP contribution in [0.1, 0.15) is 13.8 Å². The van der Waals surface area contributed by atoms with Gasteiger partial charge in [0.2, 0.25) is 5.76 Å². The van der Waals surface area contributed by atoms with E-state index in [0.29, 0.717) is 0 Å². The lowest BCUT2D eigenvalue weighted by Crippen LogP contribution is -2.14. The van der Waals surface area contributed by atoms with Gasteiger partial charge in [-0.3, -0.25) is 0 Å². The van der Waals surface area contributed by atoms with Gasteiger partial charge in [0.05, 0.1) is 26.4 Å². The third-order valence-electron chi connectivity index (χ3n) is 1.20. The van der Waals surface area contributed by atoms with Crippen LogP contribution in [0.15, 0.2) is 11.8 Å². The van der Waals surface area contributed by atoms with Crippen LogP contribution in [0.2, 0.25) is 0 Å². The Bertz CT molecular complexity index is 242. The molecule has 0 amide bonds. The molecule has 0 fully saturated rings. The van der Waals surface area contributed by atoms with Crippen molar-refractivity contribution in [3.63, 3.8) is 0 Å². The zero-order valence-corrected chi connectivity index (χ0v) is 8.70. The summed E-state index contributed by atoms with van der Waals surface area (Å²) in [4.78, 5) is 21.9. The average Bonchev–Trinajstić information content (AvgIpc) is 2.14. The minimum atomic E-state index is -0.705. The molecular formula is C9H14O5. The summed E-state index contributed by atoms with van der Waals surface area (Å²) in [6.45, 7) is 3.46. The molecule has 0 aliphatic heterocycles. The van der Waals surface area contributed by atoms with Gasteiger partial charge in [0.1, 0.15) is 0 Å². The lowest BCUT2D eigenvalue weighted by Gasteiger charge is -2.10. The van der Waals surface area contributed by atoms with Gasteiger partial charge in [-0.15, -0.1) is 0 Å². The van der Waals surface area contributed by atoms with Gasteiger partial charge in [0.15, 0.2) is 0 Å². The molecule has 0 heterocycles. The van der Waals surface area contributed by atoms with Crippen LogP contribution >= 0.6 is 0 Å². The van der Waals surface area contributed by atoms with Crippen molar-refractivity contribution < 1.29 is 23.8 Å². The van der Waals surface area contributed by atoms with Gasteiger partial charge in [-0.1, -0.05) is 0 Å². The Morgan fingerprint density at radius 2 is 1.71 bits per heavy atom. The third kappa shape index (κ3) is 4.49. The van der Waals surface area contributed by atoms with Crippen molar-refractivity contribution in [3.8, 4) is 0 Å². The van der Waals surface area contributed by atoms with Gasteiger partial charge >= 0.3 is 11.9 Å². The van der Waals surface area contributed by atoms with E-state index in [1.165, 1.54) is 14.2 Å². The Kier molecular flexibility index (Phi) is 5.36. The first-order valence-electron chi connectivity index (χ1n) is 4.05. The van der Waals surface area contributed by atoms with Crippen molar-refractivity contribution in [1.29, 1.82) is 0 Å². The van der Waals surface area contributed by atoms with Gasteiger partial charge in [-0.25, -0.2) is 9.59 Å². The first-order valence-corrected chi connectivity index (χ1v) is 4.05. The zero-order valence-electron chi connectivity index (χ0n) is 8.70. The van der Waals surface area contributed by atoms with Crippen LogP contribution in [0, 0.1) is 0 Å². The summed E-state index contributed by atoms with van der Waals surface area (Å²) in [5.74, 6) is -1.52. The van der Waals surface area contributed by atoms with E-state index in [-0.39, 0.29) is 11.9 Å². The highest BCUT2D eigenvalue weighted by atomic mass is 16.6. The highest BCUT2D eigenvalue weighted by molar-refractivity contribution is 5.94. The molecule has 5 heteroatoms. The Hall–Kier alpha value is -1.52. The highest BCUT2D eigenvalue weighted by Crippen LogP contribution is 2.04. The first kappa shape index (κ1) is 12.5. The monoisotopic (exact) mass is 202 g/mol. The molecule has 0 rings (SSSR count). The fourth-order valence-electron chi connectivity index (χ4n) is 0.662. The molecule has 0 aromatic carbocycles. The summed E-state index contributed by atoms with van der Waals surface area (Å²) in [6.07, 6.45) is 0.733. The predicted molar refractivity (Wildman–Crippen MR) is 48.3 cm³/mol. The van der Waals surface area contributed by atoms with Crippen molar-refractivity contribution in [3.05, 3.63) is 11.8 Å². The summed E-state index contributed by atoms with van der Waals surface area (Å²) >= 11 is 0. The van der Waals surface area contributed by atoms with Crippen molar-refractivity contribution >= 4 is 11.9 Å². The number of esters is 2. The molecule has 0 unspecified atom stereocenters. The first-order chi connectivity index (χ1) is 6.51. The SMILES string of the molecule is COC(=O)/C=C(/OC(C)C)C(=O)OC. The number of carbonyl (C=O) groups excluding carboxylic acids is 2. The number of hydrogen-bond donors (Lipinski definition) is 0. The Balaban J connectivity index is 4.62. The minimum absolute atomic E-state index is 0.158. The summed E-state index contributed by atoms with van der Waals surface area (Å²) in [7, 11) is 2.42. The standard InChI is InChI=1S/C9H14O5/c1-6(2)14-7(9(11)13-4)5-8(10)12-3/h5-6H,1-4H3/b7-5+. The van der Waals surface area contributed by atoms with Crippen LogP contribution in [-0.2, 0) is 23.8 Å². The number of methoxy groups -OCH3 is 2. The normalized spacial score (nSPS) is 11.1. The van der Waals surface area contributed by atoms with Crippen molar-refractivity contribution in [2.45, 2.75) is 20.0 Å². The van der Waals surface area contributed by atoms with Crippen LogP contribution < -0.4 is 0 Å². The van der Waals surface area contributed by atoms with E-state index in [0.717, 1.165) is 6.08 Å². The lowest BCUT2D eigenvalue weighted by molar-refractivity contribution is -0.142. The van der Waals surface area contributed by atoms with E-state index in [1.807, 2.05) is 0 Å². The second-order valence-corrected chi connectivity index (χ2v) is 2.69. The maximum Gasteiger partial charge on any atom is 0.373 e. The van der Waals surface area contributed by atoms with Crippen molar-refractivity contribution in [2.24, 2.45) is 0 Å². The van der Waals surface area contributed by atoms with E-state index in [9.17, 15) is 9.59 Å². The topological polar surface area (TPSA) is 61.8 Å². The molecule has 0 N–H and O–H groups in total. The van der Waals surface area contributed by atoms with Gasteiger partial charge < -0.3 is 14.2 Å². The Morgan fingerprint density at radius 3 is 2.07 bits per heavy atom. The van der Waals surface area contributed by atoms with Crippen LogP contribution in [0.3, 0.4) is 0 Å². The summed E-state index contributed by atoms with van der Waals surface area (Å²) in [5.41, 5.74) is 0. The van der Waals surface area contributed by atoms with Crippen LogP contribution in [0.25, 0.3) is 0 Å². The van der Waals surface area contributed by atoms with Crippen molar-refractivity contribution in [2.75, 3.05) is 14.2 Å². The van der Waals surface area contributed by atoms with E-state index in [1.54, 1.807) is 13.8 Å². The molecule has 0 aliphatic carbocycles. The summed E-state index contributed by atoms with van der Waals surface area (Å²) in [6, 6.07) is 0. The van der Waals surface area contributed by atoms with Crippen LogP contribution in [0.5, 0.6) is 0 Å². The Morgan fingerprint density at radius 1 is 1.14 bits per heavy atom. The molecular weight excluding hydrogens is 188 g/mol. The van der Waals surface area contributed by atoms with Crippen molar-refractivity contribution in [1.82, 2.24) is 0 Å². The van der Waals surface area contributed by atoms with E-state index in [4.69, 9.17) is 4.74 Å². The molecule has 0 aromatic rings. The Labute approximate surface area is 82.6 Å². The van der Waals surface area contributed by atoms with Gasteiger partial charge in [-0.05, 0) is 13.8 Å². The molecule has 80 valence electrons. The fourth-order valence-corrected chi connectivity index (χ4v) is 0.662. The molecule has 0 aromatic heterocycles. The molecule has 0 saturated heterocycles. The molecule has 0 spiro atoms. The maximum absolute atomic E-state index is 11.1. The lowest BCUT2D eigenvalue weighted by atomic mass is 10.4. The molecule has 0 atom stereocenters. The number of ether oxygens (including phenoxy) is 3. The molecule has 0 aliphatic rings. The van der Waals surface area contributed by atoms with E-state index >= 15 is 0 Å². The average molecular weight is 202 g/mol. The number of rotatable bonds is 4. The largest absolute Gasteiger partial charge is 0.484 e. The predicted octanol–water partition coefficient (Wildman–Crippen LogP) is 0.641. The third-order valence-corrected chi connectivity index (χ3v) is 1.20. The molecule has 0 radical (unpaired) electrons. The van der Waals surface area contributed by atoms with Gasteiger partial charge in [0.25, 0.3) is 0 Å².